The van der Waals surface area contributed by atoms with Gasteiger partial charge in [0.2, 0.25) is 0 Å². The second-order valence-electron chi connectivity index (χ2n) is 5.68. The fraction of sp³-hybridized carbons (Fsp3) is 0.333. The average Bonchev–Trinajstić information content (AvgIpc) is 2.61. The lowest BCUT2D eigenvalue weighted by atomic mass is 10.2. The Labute approximate surface area is 148 Å². The number of likely N-dealkylation sites (N-methyl/N-ethyl adjacent to an activating group) is 1. The summed E-state index contributed by atoms with van der Waals surface area (Å²) >= 11 is 0. The molecule has 2 rings (SSSR count). The van der Waals surface area contributed by atoms with Crippen LogP contribution in [-0.2, 0) is 0 Å². The maximum atomic E-state index is 12.0. The molecule has 2 aromatic rings. The van der Waals surface area contributed by atoms with E-state index in [1.165, 1.54) is 0 Å². The molecular weight excluding hydrogens is 320 g/mol. The van der Waals surface area contributed by atoms with Crippen molar-refractivity contribution in [3.8, 4) is 11.5 Å². The van der Waals surface area contributed by atoms with E-state index >= 15 is 0 Å². The molecule has 0 saturated heterocycles. The molecular formula is C18H24N4O3. The van der Waals surface area contributed by atoms with Crippen LogP contribution >= 0.6 is 0 Å². The van der Waals surface area contributed by atoms with E-state index in [4.69, 9.17) is 9.47 Å². The second-order valence-corrected chi connectivity index (χ2v) is 5.68. The molecule has 1 aromatic carbocycles. The molecule has 0 atom stereocenters. The number of pyridine rings is 1. The number of anilines is 2. The lowest BCUT2D eigenvalue weighted by Gasteiger charge is -2.13. The average molecular weight is 344 g/mol. The first-order valence-corrected chi connectivity index (χ1v) is 7.91. The van der Waals surface area contributed by atoms with E-state index in [-0.39, 0.29) is 5.91 Å². The number of ether oxygens (including phenoxy) is 2. The summed E-state index contributed by atoms with van der Waals surface area (Å²) in [6, 6.07) is 8.96. The molecule has 0 aliphatic carbocycles. The summed E-state index contributed by atoms with van der Waals surface area (Å²) in [6.07, 6.45) is 1.61. The van der Waals surface area contributed by atoms with Crippen LogP contribution in [0.5, 0.6) is 11.5 Å². The van der Waals surface area contributed by atoms with E-state index in [2.05, 4.69) is 15.6 Å². The molecule has 0 unspecified atom stereocenters. The van der Waals surface area contributed by atoms with E-state index in [0.29, 0.717) is 23.7 Å². The number of hydrogen-bond donors (Lipinski definition) is 2. The lowest BCUT2D eigenvalue weighted by Crippen LogP contribution is -2.31. The van der Waals surface area contributed by atoms with Crippen molar-refractivity contribution in [2.45, 2.75) is 0 Å². The monoisotopic (exact) mass is 344 g/mol. The Bertz CT molecular complexity index is 702. The summed E-state index contributed by atoms with van der Waals surface area (Å²) in [4.78, 5) is 18.2. The molecule has 1 heterocycles. The number of rotatable bonds is 8. The van der Waals surface area contributed by atoms with E-state index in [1.54, 1.807) is 32.5 Å². The van der Waals surface area contributed by atoms with Crippen LogP contribution in [0.15, 0.2) is 36.5 Å². The van der Waals surface area contributed by atoms with Gasteiger partial charge in [0.05, 0.1) is 31.8 Å². The molecule has 25 heavy (non-hydrogen) atoms. The number of carbonyl (C=O) groups is 1. The van der Waals surface area contributed by atoms with Gasteiger partial charge in [-0.15, -0.1) is 0 Å². The van der Waals surface area contributed by atoms with Gasteiger partial charge in [-0.2, -0.15) is 0 Å². The van der Waals surface area contributed by atoms with Gasteiger partial charge in [0.1, 0.15) is 17.2 Å². The lowest BCUT2D eigenvalue weighted by molar-refractivity contribution is 0.0946. The van der Waals surface area contributed by atoms with Crippen molar-refractivity contribution in [3.05, 3.63) is 42.2 Å². The molecule has 0 bridgehead atoms. The van der Waals surface area contributed by atoms with E-state index in [9.17, 15) is 4.79 Å². The molecule has 0 aliphatic rings. The van der Waals surface area contributed by atoms with Gasteiger partial charge in [-0.25, -0.2) is 4.98 Å². The first-order valence-electron chi connectivity index (χ1n) is 7.91. The number of methoxy groups -OCH3 is 2. The molecule has 0 spiro atoms. The van der Waals surface area contributed by atoms with Gasteiger partial charge >= 0.3 is 0 Å². The first-order chi connectivity index (χ1) is 12.0. The molecule has 2 N–H and O–H groups in total. The SMILES string of the molecule is COc1ccc(OC)c(Nc2ccc(C(=O)NCCN(C)C)nc2)c1. The molecule has 1 amide bonds. The van der Waals surface area contributed by atoms with Crippen LogP contribution in [0.2, 0.25) is 0 Å². The molecule has 7 heteroatoms. The topological polar surface area (TPSA) is 75.7 Å². The summed E-state index contributed by atoms with van der Waals surface area (Å²) < 4.78 is 10.6. The Morgan fingerprint density at radius 2 is 1.96 bits per heavy atom. The summed E-state index contributed by atoms with van der Waals surface area (Å²) in [5, 5.41) is 6.05. The highest BCUT2D eigenvalue weighted by molar-refractivity contribution is 5.92. The summed E-state index contributed by atoms with van der Waals surface area (Å²) in [7, 11) is 7.12. The van der Waals surface area contributed by atoms with E-state index in [1.807, 2.05) is 37.2 Å². The predicted octanol–water partition coefficient (Wildman–Crippen LogP) is 2.13. The van der Waals surface area contributed by atoms with Crippen molar-refractivity contribution >= 4 is 17.3 Å². The Morgan fingerprint density at radius 3 is 2.56 bits per heavy atom. The minimum absolute atomic E-state index is 0.188. The maximum Gasteiger partial charge on any atom is 0.269 e. The zero-order chi connectivity index (χ0) is 18.2. The number of hydrogen-bond acceptors (Lipinski definition) is 6. The van der Waals surface area contributed by atoms with Gasteiger partial charge in [0.15, 0.2) is 0 Å². The third-order valence-electron chi connectivity index (χ3n) is 3.53. The summed E-state index contributed by atoms with van der Waals surface area (Å²) in [5.41, 5.74) is 1.88. The minimum Gasteiger partial charge on any atom is -0.497 e. The van der Waals surface area contributed by atoms with Crippen LogP contribution in [0, 0.1) is 0 Å². The Balaban J connectivity index is 2.04. The highest BCUT2D eigenvalue weighted by atomic mass is 16.5. The Kier molecular flexibility index (Phi) is 6.59. The number of aromatic nitrogens is 1. The highest BCUT2D eigenvalue weighted by Gasteiger charge is 2.09. The highest BCUT2D eigenvalue weighted by Crippen LogP contribution is 2.31. The number of carbonyl (C=O) groups excluding carboxylic acids is 1. The molecule has 1 aromatic heterocycles. The third kappa shape index (κ3) is 5.36. The van der Waals surface area contributed by atoms with Crippen LogP contribution in [0.3, 0.4) is 0 Å². The fourth-order valence-electron chi connectivity index (χ4n) is 2.15. The van der Waals surface area contributed by atoms with Crippen molar-refractivity contribution in [2.75, 3.05) is 46.7 Å². The predicted molar refractivity (Wildman–Crippen MR) is 98.0 cm³/mol. The van der Waals surface area contributed by atoms with Crippen molar-refractivity contribution in [3.63, 3.8) is 0 Å². The second kappa shape index (κ2) is 8.89. The Hall–Kier alpha value is -2.80. The summed E-state index contributed by atoms with van der Waals surface area (Å²) in [6.45, 7) is 1.36. The standard InChI is InChI=1S/C18H24N4O3/c1-22(2)10-9-19-18(23)15-7-5-13(12-20-15)21-16-11-14(24-3)6-8-17(16)25-4/h5-8,11-12,21H,9-10H2,1-4H3,(H,19,23). The van der Waals surface area contributed by atoms with Gasteiger partial charge in [-0.1, -0.05) is 0 Å². The smallest absolute Gasteiger partial charge is 0.269 e. The van der Waals surface area contributed by atoms with Gasteiger partial charge in [-0.3, -0.25) is 4.79 Å². The van der Waals surface area contributed by atoms with Crippen LogP contribution in [0.1, 0.15) is 10.5 Å². The Morgan fingerprint density at radius 1 is 1.16 bits per heavy atom. The summed E-state index contributed by atoms with van der Waals surface area (Å²) in [5.74, 6) is 1.21. The normalized spacial score (nSPS) is 10.4. The number of benzene rings is 1. The molecule has 0 fully saturated rings. The van der Waals surface area contributed by atoms with Gasteiger partial charge in [0, 0.05) is 19.2 Å². The maximum absolute atomic E-state index is 12.0. The molecule has 7 nitrogen and oxygen atoms in total. The van der Waals surface area contributed by atoms with Crippen LogP contribution in [0.4, 0.5) is 11.4 Å². The zero-order valence-electron chi connectivity index (χ0n) is 15.0. The number of amides is 1. The largest absolute Gasteiger partial charge is 0.497 e. The van der Waals surface area contributed by atoms with Crippen molar-refractivity contribution < 1.29 is 14.3 Å². The first kappa shape index (κ1) is 18.5. The molecule has 134 valence electrons. The van der Waals surface area contributed by atoms with E-state index < -0.39 is 0 Å². The molecule has 0 aliphatic heterocycles. The van der Waals surface area contributed by atoms with Crippen molar-refractivity contribution in [1.29, 1.82) is 0 Å². The van der Waals surface area contributed by atoms with Crippen LogP contribution in [-0.4, -0.2) is 57.2 Å². The number of nitrogens with zero attached hydrogens (tertiary/aromatic N) is 2. The zero-order valence-corrected chi connectivity index (χ0v) is 15.0. The van der Waals surface area contributed by atoms with Gasteiger partial charge in [0.25, 0.3) is 5.91 Å². The van der Waals surface area contributed by atoms with Crippen molar-refractivity contribution in [1.82, 2.24) is 15.2 Å². The van der Waals surface area contributed by atoms with Crippen molar-refractivity contribution in [2.24, 2.45) is 0 Å². The molecule has 0 radical (unpaired) electrons. The number of nitrogens with one attached hydrogen (secondary N) is 2. The fourth-order valence-corrected chi connectivity index (χ4v) is 2.15. The van der Waals surface area contributed by atoms with Crippen LogP contribution in [0.25, 0.3) is 0 Å². The molecule has 0 saturated carbocycles. The van der Waals surface area contributed by atoms with Crippen LogP contribution < -0.4 is 20.1 Å². The third-order valence-corrected chi connectivity index (χ3v) is 3.53. The quantitative estimate of drug-likeness (QED) is 0.764. The minimum atomic E-state index is -0.188. The van der Waals surface area contributed by atoms with Gasteiger partial charge in [-0.05, 0) is 38.4 Å². The van der Waals surface area contributed by atoms with Gasteiger partial charge < -0.3 is 25.0 Å². The van der Waals surface area contributed by atoms with E-state index in [0.717, 1.165) is 17.9 Å².